The molecule has 112 valence electrons. The maximum Gasteiger partial charge on any atom is 0.238 e. The van der Waals surface area contributed by atoms with E-state index >= 15 is 0 Å². The van der Waals surface area contributed by atoms with Crippen LogP contribution >= 0.6 is 0 Å². The Balaban J connectivity index is 2.41. The molecular formula is C16H26N2O2. The van der Waals surface area contributed by atoms with Gasteiger partial charge in [-0.15, -0.1) is 0 Å². The summed E-state index contributed by atoms with van der Waals surface area (Å²) in [6.45, 7) is 7.08. The molecule has 1 atom stereocenters. The predicted octanol–water partition coefficient (Wildman–Crippen LogP) is 2.45. The summed E-state index contributed by atoms with van der Waals surface area (Å²) in [7, 11) is 1.88. The molecule has 0 aliphatic rings. The van der Waals surface area contributed by atoms with E-state index in [1.807, 2.05) is 36.2 Å². The molecular weight excluding hydrogens is 252 g/mol. The van der Waals surface area contributed by atoms with Crippen LogP contribution in [0.5, 0.6) is 0 Å². The van der Waals surface area contributed by atoms with E-state index in [0.29, 0.717) is 25.4 Å². The molecule has 1 aromatic carbocycles. The Morgan fingerprint density at radius 3 is 2.35 bits per heavy atom. The van der Waals surface area contributed by atoms with Crippen molar-refractivity contribution in [2.45, 2.75) is 39.2 Å². The minimum Gasteiger partial charge on any atom is -0.393 e. The van der Waals surface area contributed by atoms with Crippen LogP contribution in [0.3, 0.4) is 0 Å². The summed E-state index contributed by atoms with van der Waals surface area (Å²) in [6.07, 6.45) is 0.344. The summed E-state index contributed by atoms with van der Waals surface area (Å²) in [5.41, 5.74) is 2.08. The van der Waals surface area contributed by atoms with Crippen molar-refractivity contribution in [1.82, 2.24) is 4.90 Å². The number of carbonyl (C=O) groups excluding carboxylic acids is 1. The number of anilines is 1. The number of amides is 1. The van der Waals surface area contributed by atoms with Crippen LogP contribution in [0.4, 0.5) is 5.69 Å². The number of rotatable bonds is 7. The van der Waals surface area contributed by atoms with Gasteiger partial charge in [-0.25, -0.2) is 0 Å². The normalized spacial score (nSPS) is 12.8. The molecule has 0 bridgehead atoms. The van der Waals surface area contributed by atoms with Crippen LogP contribution < -0.4 is 5.32 Å². The van der Waals surface area contributed by atoms with Gasteiger partial charge in [-0.2, -0.15) is 0 Å². The van der Waals surface area contributed by atoms with E-state index in [4.69, 9.17) is 0 Å². The molecule has 0 radical (unpaired) electrons. The van der Waals surface area contributed by atoms with Gasteiger partial charge in [-0.3, -0.25) is 9.69 Å². The van der Waals surface area contributed by atoms with Gasteiger partial charge in [0, 0.05) is 12.2 Å². The topological polar surface area (TPSA) is 52.6 Å². The Hall–Kier alpha value is -1.39. The number of nitrogens with one attached hydrogen (secondary N) is 1. The number of carbonyl (C=O) groups is 1. The minimum atomic E-state index is -0.330. The molecule has 0 heterocycles. The Morgan fingerprint density at radius 1 is 1.25 bits per heavy atom. The third-order valence-electron chi connectivity index (χ3n) is 3.20. The first-order valence-electron chi connectivity index (χ1n) is 7.15. The van der Waals surface area contributed by atoms with E-state index in [1.54, 1.807) is 6.92 Å². The van der Waals surface area contributed by atoms with Gasteiger partial charge >= 0.3 is 0 Å². The molecule has 1 rings (SSSR count). The lowest BCUT2D eigenvalue weighted by Gasteiger charge is -2.17. The first-order valence-corrected chi connectivity index (χ1v) is 7.15. The van der Waals surface area contributed by atoms with E-state index in [2.05, 4.69) is 19.2 Å². The lowest BCUT2D eigenvalue weighted by Crippen LogP contribution is -2.32. The van der Waals surface area contributed by atoms with Crippen LogP contribution in [0, 0.1) is 0 Å². The molecule has 0 aliphatic carbocycles. The molecule has 0 aliphatic heterocycles. The van der Waals surface area contributed by atoms with Crippen molar-refractivity contribution in [1.29, 1.82) is 0 Å². The Kier molecular flexibility index (Phi) is 6.68. The van der Waals surface area contributed by atoms with Crippen LogP contribution in [0.2, 0.25) is 0 Å². The van der Waals surface area contributed by atoms with Crippen molar-refractivity contribution < 1.29 is 9.90 Å². The van der Waals surface area contributed by atoms with Crippen molar-refractivity contribution in [2.75, 3.05) is 25.5 Å². The van der Waals surface area contributed by atoms with E-state index < -0.39 is 0 Å². The lowest BCUT2D eigenvalue weighted by atomic mass is 10.0. The van der Waals surface area contributed by atoms with Gasteiger partial charge in [0.1, 0.15) is 0 Å². The number of aliphatic hydroxyl groups excluding tert-OH is 1. The molecule has 2 N–H and O–H groups in total. The highest BCUT2D eigenvalue weighted by Gasteiger charge is 2.08. The SMILES string of the molecule is CC(O)CCN(C)CC(=O)Nc1ccc(C(C)C)cc1. The van der Waals surface area contributed by atoms with Crippen molar-refractivity contribution in [3.05, 3.63) is 29.8 Å². The summed E-state index contributed by atoms with van der Waals surface area (Å²) >= 11 is 0. The minimum absolute atomic E-state index is 0.0320. The lowest BCUT2D eigenvalue weighted by molar-refractivity contribution is -0.117. The van der Waals surface area contributed by atoms with Gasteiger partial charge in [-0.1, -0.05) is 26.0 Å². The van der Waals surface area contributed by atoms with Crippen LogP contribution in [-0.2, 0) is 4.79 Å². The highest BCUT2D eigenvalue weighted by atomic mass is 16.3. The number of aliphatic hydroxyl groups is 1. The monoisotopic (exact) mass is 278 g/mol. The van der Waals surface area contributed by atoms with Gasteiger partial charge in [0.25, 0.3) is 0 Å². The van der Waals surface area contributed by atoms with Gasteiger partial charge in [-0.05, 0) is 44.0 Å². The third kappa shape index (κ3) is 6.17. The molecule has 20 heavy (non-hydrogen) atoms. The second kappa shape index (κ2) is 8.02. The zero-order chi connectivity index (χ0) is 15.1. The molecule has 1 unspecified atom stereocenters. The van der Waals surface area contributed by atoms with E-state index in [0.717, 1.165) is 5.69 Å². The zero-order valence-corrected chi connectivity index (χ0v) is 12.9. The number of hydrogen-bond donors (Lipinski definition) is 2. The average molecular weight is 278 g/mol. The quantitative estimate of drug-likeness (QED) is 0.805. The molecule has 0 fully saturated rings. The van der Waals surface area contributed by atoms with Crippen LogP contribution in [0.25, 0.3) is 0 Å². The predicted molar refractivity (Wildman–Crippen MR) is 83.0 cm³/mol. The summed E-state index contributed by atoms with van der Waals surface area (Å²) in [6, 6.07) is 7.95. The van der Waals surface area contributed by atoms with Crippen molar-refractivity contribution in [3.63, 3.8) is 0 Å². The van der Waals surface area contributed by atoms with Gasteiger partial charge in [0.2, 0.25) is 5.91 Å². The van der Waals surface area contributed by atoms with E-state index in [9.17, 15) is 9.90 Å². The standard InChI is InChI=1S/C16H26N2O2/c1-12(2)14-5-7-15(8-6-14)17-16(20)11-18(4)10-9-13(3)19/h5-8,12-13,19H,9-11H2,1-4H3,(H,17,20). The molecule has 1 amide bonds. The van der Waals surface area contributed by atoms with E-state index in [1.165, 1.54) is 5.56 Å². The van der Waals surface area contributed by atoms with Gasteiger partial charge in [0.05, 0.1) is 12.6 Å². The van der Waals surface area contributed by atoms with Crippen LogP contribution in [-0.4, -0.2) is 42.2 Å². The van der Waals surface area contributed by atoms with Crippen molar-refractivity contribution in [2.24, 2.45) is 0 Å². The number of hydrogen-bond acceptors (Lipinski definition) is 3. The second-order valence-corrected chi connectivity index (χ2v) is 5.70. The fraction of sp³-hybridized carbons (Fsp3) is 0.562. The fourth-order valence-electron chi connectivity index (χ4n) is 1.88. The average Bonchev–Trinajstić information content (AvgIpc) is 2.36. The van der Waals surface area contributed by atoms with Crippen LogP contribution in [0.15, 0.2) is 24.3 Å². The number of benzene rings is 1. The number of nitrogens with zero attached hydrogens (tertiary/aromatic N) is 1. The Labute approximate surface area is 121 Å². The fourth-order valence-corrected chi connectivity index (χ4v) is 1.88. The molecule has 0 aromatic heterocycles. The smallest absolute Gasteiger partial charge is 0.238 e. The largest absolute Gasteiger partial charge is 0.393 e. The highest BCUT2D eigenvalue weighted by molar-refractivity contribution is 5.92. The summed E-state index contributed by atoms with van der Waals surface area (Å²) in [5, 5.41) is 12.1. The first kappa shape index (κ1) is 16.7. The molecule has 0 saturated carbocycles. The molecule has 0 saturated heterocycles. The van der Waals surface area contributed by atoms with Crippen molar-refractivity contribution >= 4 is 11.6 Å². The zero-order valence-electron chi connectivity index (χ0n) is 12.9. The summed E-state index contributed by atoms with van der Waals surface area (Å²) in [5.74, 6) is 0.460. The van der Waals surface area contributed by atoms with Crippen LogP contribution in [0.1, 0.15) is 38.7 Å². The second-order valence-electron chi connectivity index (χ2n) is 5.70. The summed E-state index contributed by atoms with van der Waals surface area (Å²) in [4.78, 5) is 13.8. The maximum absolute atomic E-state index is 11.9. The van der Waals surface area contributed by atoms with Gasteiger partial charge < -0.3 is 10.4 Å². The van der Waals surface area contributed by atoms with Crippen molar-refractivity contribution in [3.8, 4) is 0 Å². The molecule has 0 spiro atoms. The Morgan fingerprint density at radius 2 is 1.85 bits per heavy atom. The maximum atomic E-state index is 11.9. The molecule has 1 aromatic rings. The highest BCUT2D eigenvalue weighted by Crippen LogP contribution is 2.17. The summed E-state index contributed by atoms with van der Waals surface area (Å²) < 4.78 is 0. The molecule has 4 heteroatoms. The Bertz CT molecular complexity index is 413. The third-order valence-corrected chi connectivity index (χ3v) is 3.20. The van der Waals surface area contributed by atoms with E-state index in [-0.39, 0.29) is 12.0 Å². The molecule has 4 nitrogen and oxygen atoms in total. The first-order chi connectivity index (χ1) is 9.38. The van der Waals surface area contributed by atoms with Gasteiger partial charge in [0.15, 0.2) is 0 Å². The number of likely N-dealkylation sites (N-methyl/N-ethyl adjacent to an activating group) is 1.